The van der Waals surface area contributed by atoms with Gasteiger partial charge in [-0.3, -0.25) is 0 Å². The molecule has 30 heavy (non-hydrogen) atoms. The molecule has 0 N–H and O–H groups in total. The number of benzene rings is 1. The van der Waals surface area contributed by atoms with E-state index in [0.717, 1.165) is 29.1 Å². The number of rotatable bonds is 0. The fourth-order valence-corrected chi connectivity index (χ4v) is 3.45. The molecule has 0 unspecified atom stereocenters. The van der Waals surface area contributed by atoms with Crippen LogP contribution in [0.3, 0.4) is 0 Å². The average Bonchev–Trinajstić information content (AvgIpc) is 2.60. The summed E-state index contributed by atoms with van der Waals surface area (Å²) in [5.41, 5.74) is 9.98. The minimum absolute atomic E-state index is 0.749. The van der Waals surface area contributed by atoms with Crippen LogP contribution in [0.25, 0.3) is 0 Å². The summed E-state index contributed by atoms with van der Waals surface area (Å²) in [7, 11) is -2.93. The first-order chi connectivity index (χ1) is 13.8. The van der Waals surface area contributed by atoms with Crippen molar-refractivity contribution in [3.63, 3.8) is 0 Å². The van der Waals surface area contributed by atoms with Crippen molar-refractivity contribution in [1.29, 1.82) is 0 Å². The molecule has 0 heterocycles. The second-order valence-electron chi connectivity index (χ2n) is 8.35. The Morgan fingerprint density at radius 1 is 0.567 bits per heavy atom. The Hall–Kier alpha value is -0.706. The van der Waals surface area contributed by atoms with Crippen LogP contribution in [0.4, 0.5) is 0 Å². The molecule has 1 rings (SSSR count). The lowest BCUT2D eigenvalue weighted by Gasteiger charge is -2.03. The van der Waals surface area contributed by atoms with Crippen molar-refractivity contribution in [2.75, 3.05) is 0 Å². The Labute approximate surface area is 217 Å². The van der Waals surface area contributed by atoms with Crippen LogP contribution in [-0.2, 0) is 0 Å². The summed E-state index contributed by atoms with van der Waals surface area (Å²) in [6.45, 7) is 13.2. The second kappa shape index (κ2) is 12.4. The molecule has 6 heteroatoms. The molecule has 0 aromatic heterocycles. The molecule has 0 atom stereocenters. The number of hydrogen-bond acceptors (Lipinski definition) is 0. The lowest BCUT2D eigenvalue weighted by atomic mass is 10.1. The topological polar surface area (TPSA) is 0 Å². The van der Waals surface area contributed by atoms with Gasteiger partial charge in [-0.1, -0.05) is 74.8 Å². The molecule has 1 aromatic rings. The molecule has 0 fully saturated rings. The number of hydrogen-bond donors (Lipinski definition) is 0. The number of halogens is 4. The zero-order valence-electron chi connectivity index (χ0n) is 17.8. The van der Waals surface area contributed by atoms with Crippen LogP contribution >= 0.6 is 63.7 Å². The minimum Gasteiger partial charge on any atom is -0.126 e. The van der Waals surface area contributed by atoms with Gasteiger partial charge in [-0.15, -0.1) is 11.1 Å². The Morgan fingerprint density at radius 3 is 1.10 bits per heavy atom. The average molecular weight is 686 g/mol. The molecule has 0 saturated heterocycles. The zero-order valence-corrected chi connectivity index (χ0v) is 26.2. The second-order valence-corrected chi connectivity index (χ2v) is 23.1. The summed E-state index contributed by atoms with van der Waals surface area (Å²) in [4.78, 5) is 0. The maximum atomic E-state index is 3.43. The Bertz CT molecular complexity index is 999. The summed E-state index contributed by atoms with van der Waals surface area (Å²) in [5, 5.41) is 0. The van der Waals surface area contributed by atoms with Crippen molar-refractivity contribution in [1.82, 2.24) is 0 Å². The molecule has 154 valence electrons. The van der Waals surface area contributed by atoms with E-state index in [1.54, 1.807) is 0 Å². The molecule has 0 amide bonds. The van der Waals surface area contributed by atoms with Gasteiger partial charge in [0, 0.05) is 11.1 Å². The first kappa shape index (κ1) is 27.3. The zero-order chi connectivity index (χ0) is 22.9. The summed E-state index contributed by atoms with van der Waals surface area (Å²) in [6, 6.07) is 7.85. The first-order valence-electron chi connectivity index (χ1n) is 9.08. The van der Waals surface area contributed by atoms with Crippen LogP contribution in [0.15, 0.2) is 42.2 Å². The molecular weight excluding hydrogens is 664 g/mol. The summed E-state index contributed by atoms with van der Waals surface area (Å²) in [6.07, 6.45) is 0. The quantitative estimate of drug-likeness (QED) is 0.191. The van der Waals surface area contributed by atoms with Crippen LogP contribution in [0.5, 0.6) is 0 Å². The van der Waals surface area contributed by atoms with Crippen molar-refractivity contribution in [2.45, 2.75) is 39.3 Å². The molecule has 0 radical (unpaired) electrons. The van der Waals surface area contributed by atoms with E-state index in [1.165, 1.54) is 0 Å². The highest BCUT2D eigenvalue weighted by Gasteiger charge is 2.08. The number of allylic oxidation sites excluding steroid dienone is 2. The molecule has 0 spiro atoms. The predicted octanol–water partition coefficient (Wildman–Crippen LogP) is 8.15. The summed E-state index contributed by atoms with van der Waals surface area (Å²) >= 11 is 13.7. The van der Waals surface area contributed by atoms with Gasteiger partial charge in [0.05, 0.1) is 17.9 Å². The molecule has 0 aliphatic heterocycles. The Kier molecular flexibility index (Phi) is 11.3. The van der Waals surface area contributed by atoms with Gasteiger partial charge >= 0.3 is 0 Å². The fraction of sp³-hybridized carbons (Fsp3) is 0.250. The van der Waals surface area contributed by atoms with E-state index >= 15 is 0 Å². The summed E-state index contributed by atoms with van der Waals surface area (Å²) < 4.78 is 1.55. The molecule has 1 aromatic carbocycles. The monoisotopic (exact) mass is 682 g/mol. The van der Waals surface area contributed by atoms with Gasteiger partial charge in [0.25, 0.3) is 0 Å². The fourth-order valence-electron chi connectivity index (χ4n) is 1.66. The third-order valence-electron chi connectivity index (χ3n) is 3.05. The molecule has 0 saturated carbocycles. The van der Waals surface area contributed by atoms with Gasteiger partial charge in [-0.2, -0.15) is 0 Å². The molecule has 0 nitrogen and oxygen atoms in total. The molecule has 0 aliphatic rings. The van der Waals surface area contributed by atoms with Gasteiger partial charge < -0.3 is 0 Å². The lowest BCUT2D eigenvalue weighted by Crippen LogP contribution is -2.16. The van der Waals surface area contributed by atoms with E-state index in [0.29, 0.717) is 0 Å². The lowest BCUT2D eigenvalue weighted by molar-refractivity contribution is 1.60. The van der Waals surface area contributed by atoms with E-state index in [4.69, 9.17) is 0 Å². The SMILES string of the molecule is C[Si](C)(C)C#CC(C#Cc1ccc(C#CC(C#C[Si](C)(C)C)=C(Br)Br)cc1)=C(Br)Br. The normalized spacial score (nSPS) is 9.93. The Morgan fingerprint density at radius 2 is 0.867 bits per heavy atom. The van der Waals surface area contributed by atoms with Crippen LogP contribution in [0.2, 0.25) is 39.3 Å². The van der Waals surface area contributed by atoms with Crippen LogP contribution < -0.4 is 0 Å². The van der Waals surface area contributed by atoms with Gasteiger partial charge in [0.2, 0.25) is 0 Å². The van der Waals surface area contributed by atoms with Crippen molar-refractivity contribution in [3.8, 4) is 46.6 Å². The highest BCUT2D eigenvalue weighted by atomic mass is 79.9. The van der Waals surface area contributed by atoms with E-state index in [1.807, 2.05) is 24.3 Å². The third kappa shape index (κ3) is 12.2. The maximum Gasteiger partial charge on any atom is 0.129 e. The third-order valence-corrected chi connectivity index (χ3v) is 6.39. The maximum absolute atomic E-state index is 3.43. The highest BCUT2D eigenvalue weighted by molar-refractivity contribution is 9.28. The van der Waals surface area contributed by atoms with E-state index in [9.17, 15) is 0 Å². The van der Waals surface area contributed by atoms with Gasteiger partial charge in [0.15, 0.2) is 0 Å². The van der Waals surface area contributed by atoms with Gasteiger partial charge in [-0.25, -0.2) is 0 Å². The van der Waals surface area contributed by atoms with Gasteiger partial charge in [0.1, 0.15) is 16.1 Å². The van der Waals surface area contributed by atoms with Crippen molar-refractivity contribution >= 4 is 79.9 Å². The molecule has 0 aliphatic carbocycles. The first-order valence-corrected chi connectivity index (χ1v) is 19.2. The van der Waals surface area contributed by atoms with E-state index in [-0.39, 0.29) is 0 Å². The largest absolute Gasteiger partial charge is 0.129 e. The highest BCUT2D eigenvalue weighted by Crippen LogP contribution is 2.19. The predicted molar refractivity (Wildman–Crippen MR) is 152 cm³/mol. The van der Waals surface area contributed by atoms with Crippen LogP contribution in [0, 0.1) is 46.6 Å². The summed E-state index contributed by atoms with van der Waals surface area (Å²) in [5.74, 6) is 19.0. The Balaban J connectivity index is 3.09. The van der Waals surface area contributed by atoms with Gasteiger partial charge in [-0.05, 0) is 88.0 Å². The molecule has 0 bridgehead atoms. The van der Waals surface area contributed by atoms with Crippen molar-refractivity contribution in [3.05, 3.63) is 53.3 Å². The molecular formula is C24H22Br4Si2. The van der Waals surface area contributed by atoms with Crippen molar-refractivity contribution < 1.29 is 0 Å². The minimum atomic E-state index is -1.46. The standard InChI is InChI=1S/C24H22Br4Si2/c1-29(2,3)17-15-21(23(25)26)13-11-19-7-9-20(10-8-19)12-14-22(24(27)28)16-18-30(4,5)6/h7-10H,1-6H3. The van der Waals surface area contributed by atoms with Crippen molar-refractivity contribution in [2.24, 2.45) is 0 Å². The van der Waals surface area contributed by atoms with Crippen LogP contribution in [0.1, 0.15) is 11.1 Å². The van der Waals surface area contributed by atoms with E-state index in [2.05, 4.69) is 150 Å². The smallest absolute Gasteiger partial charge is 0.126 e. The van der Waals surface area contributed by atoms with E-state index < -0.39 is 16.1 Å². The van der Waals surface area contributed by atoms with Crippen LogP contribution in [-0.4, -0.2) is 16.1 Å².